The number of benzene rings is 1. The number of carbonyl (C=O) groups excluding carboxylic acids is 2. The van der Waals surface area contributed by atoms with Crippen molar-refractivity contribution in [3.8, 4) is 11.5 Å². The average molecular weight is 287 g/mol. The highest BCUT2D eigenvalue weighted by molar-refractivity contribution is 6.33. The number of hydrogen-bond donors (Lipinski definition) is 0. The molecule has 104 valence electrons. The zero-order valence-electron chi connectivity index (χ0n) is 10.9. The molecule has 0 radical (unpaired) electrons. The normalized spacial score (nSPS) is 11.6. The van der Waals surface area contributed by atoms with Crippen LogP contribution in [0.15, 0.2) is 12.1 Å². The monoisotopic (exact) mass is 286 g/mol. The van der Waals surface area contributed by atoms with E-state index < -0.39 is 12.1 Å². The molecule has 1 aromatic rings. The van der Waals surface area contributed by atoms with E-state index in [1.54, 1.807) is 13.8 Å². The molecule has 6 heteroatoms. The van der Waals surface area contributed by atoms with Crippen LogP contribution in [0.2, 0.25) is 5.02 Å². The molecule has 1 unspecified atom stereocenters. The number of halogens is 1. The standard InChI is InChI=1S/C13H15ClO5/c1-4-18-13(16)8(2)19-12-6-10(14)9(7-15)5-11(12)17-3/h5-8H,4H2,1-3H3. The van der Waals surface area contributed by atoms with Crippen molar-refractivity contribution in [1.29, 1.82) is 0 Å². The molecule has 0 saturated heterocycles. The van der Waals surface area contributed by atoms with Crippen molar-refractivity contribution in [3.63, 3.8) is 0 Å². The number of hydrogen-bond acceptors (Lipinski definition) is 5. The minimum Gasteiger partial charge on any atom is -0.493 e. The van der Waals surface area contributed by atoms with E-state index in [0.29, 0.717) is 12.0 Å². The van der Waals surface area contributed by atoms with Crippen LogP contribution < -0.4 is 9.47 Å². The largest absolute Gasteiger partial charge is 0.493 e. The molecule has 0 fully saturated rings. The van der Waals surface area contributed by atoms with Gasteiger partial charge in [0.05, 0.1) is 18.7 Å². The number of ether oxygens (including phenoxy) is 3. The molecule has 1 aromatic carbocycles. The van der Waals surface area contributed by atoms with Crippen molar-refractivity contribution in [2.75, 3.05) is 13.7 Å². The summed E-state index contributed by atoms with van der Waals surface area (Å²) in [5, 5.41) is 0.224. The predicted molar refractivity (Wildman–Crippen MR) is 70.1 cm³/mol. The second-order valence-electron chi connectivity index (χ2n) is 3.65. The summed E-state index contributed by atoms with van der Waals surface area (Å²) >= 11 is 5.90. The van der Waals surface area contributed by atoms with E-state index in [1.807, 2.05) is 0 Å². The zero-order chi connectivity index (χ0) is 14.4. The van der Waals surface area contributed by atoms with Crippen LogP contribution in [-0.4, -0.2) is 32.1 Å². The van der Waals surface area contributed by atoms with Gasteiger partial charge in [0.25, 0.3) is 0 Å². The SMILES string of the molecule is CCOC(=O)C(C)Oc1cc(Cl)c(C=O)cc1OC. The maximum Gasteiger partial charge on any atom is 0.347 e. The molecule has 19 heavy (non-hydrogen) atoms. The van der Waals surface area contributed by atoms with E-state index in [9.17, 15) is 9.59 Å². The first kappa shape index (κ1) is 15.3. The van der Waals surface area contributed by atoms with E-state index in [0.717, 1.165) is 0 Å². The van der Waals surface area contributed by atoms with Crippen LogP contribution in [0.4, 0.5) is 0 Å². The Morgan fingerprint density at radius 1 is 1.42 bits per heavy atom. The molecule has 5 nitrogen and oxygen atoms in total. The summed E-state index contributed by atoms with van der Waals surface area (Å²) in [5.41, 5.74) is 0.287. The molecule has 0 saturated carbocycles. The molecule has 0 heterocycles. The second kappa shape index (κ2) is 6.99. The van der Waals surface area contributed by atoms with Gasteiger partial charge in [-0.2, -0.15) is 0 Å². The molecule has 1 rings (SSSR count). The van der Waals surface area contributed by atoms with E-state index >= 15 is 0 Å². The van der Waals surface area contributed by atoms with Gasteiger partial charge in [0, 0.05) is 11.6 Å². The lowest BCUT2D eigenvalue weighted by molar-refractivity contribution is -0.150. The van der Waals surface area contributed by atoms with Gasteiger partial charge in [-0.05, 0) is 19.9 Å². The minimum absolute atomic E-state index is 0.224. The molecule has 1 atom stereocenters. The molecule has 0 aliphatic carbocycles. The third kappa shape index (κ3) is 3.86. The van der Waals surface area contributed by atoms with Crippen LogP contribution in [-0.2, 0) is 9.53 Å². The molecule has 0 amide bonds. The van der Waals surface area contributed by atoms with Crippen molar-refractivity contribution in [3.05, 3.63) is 22.7 Å². The molecule has 0 N–H and O–H groups in total. The Hall–Kier alpha value is -1.75. The van der Waals surface area contributed by atoms with Crippen molar-refractivity contribution in [2.45, 2.75) is 20.0 Å². The van der Waals surface area contributed by atoms with E-state index in [2.05, 4.69) is 0 Å². The summed E-state index contributed by atoms with van der Waals surface area (Å²) in [4.78, 5) is 22.2. The summed E-state index contributed by atoms with van der Waals surface area (Å²) in [6.45, 7) is 3.54. The van der Waals surface area contributed by atoms with Gasteiger partial charge in [-0.3, -0.25) is 4.79 Å². The Balaban J connectivity index is 2.97. The van der Waals surface area contributed by atoms with Gasteiger partial charge in [-0.25, -0.2) is 4.79 Å². The van der Waals surface area contributed by atoms with Crippen LogP contribution in [0.5, 0.6) is 11.5 Å². The smallest absolute Gasteiger partial charge is 0.347 e. The highest BCUT2D eigenvalue weighted by Crippen LogP contribution is 2.33. The highest BCUT2D eigenvalue weighted by Gasteiger charge is 2.19. The molecule has 0 aromatic heterocycles. The fourth-order valence-electron chi connectivity index (χ4n) is 1.39. The first-order chi connectivity index (χ1) is 9.03. The summed E-state index contributed by atoms with van der Waals surface area (Å²) in [5.74, 6) is 0.112. The first-order valence-electron chi connectivity index (χ1n) is 5.69. The van der Waals surface area contributed by atoms with Gasteiger partial charge in [0.15, 0.2) is 23.9 Å². The van der Waals surface area contributed by atoms with Crippen molar-refractivity contribution < 1.29 is 23.8 Å². The van der Waals surface area contributed by atoms with E-state index in [4.69, 9.17) is 25.8 Å². The molecule has 0 spiro atoms. The fraction of sp³-hybridized carbons (Fsp3) is 0.385. The zero-order valence-corrected chi connectivity index (χ0v) is 11.7. The topological polar surface area (TPSA) is 61.8 Å². The van der Waals surface area contributed by atoms with Crippen molar-refractivity contribution in [2.24, 2.45) is 0 Å². The van der Waals surface area contributed by atoms with Gasteiger partial charge in [-0.15, -0.1) is 0 Å². The molecular weight excluding hydrogens is 272 g/mol. The Bertz CT molecular complexity index is 472. The van der Waals surface area contributed by atoms with Crippen LogP contribution in [0.1, 0.15) is 24.2 Å². The van der Waals surface area contributed by atoms with Crippen LogP contribution in [0.3, 0.4) is 0 Å². The number of aldehydes is 1. The highest BCUT2D eigenvalue weighted by atomic mass is 35.5. The summed E-state index contributed by atoms with van der Waals surface area (Å²) < 4.78 is 15.4. The minimum atomic E-state index is -0.799. The molecular formula is C13H15ClO5. The number of methoxy groups -OCH3 is 1. The maximum atomic E-state index is 11.5. The van der Waals surface area contributed by atoms with Crippen LogP contribution in [0.25, 0.3) is 0 Å². The lowest BCUT2D eigenvalue weighted by atomic mass is 10.2. The summed E-state index contributed by atoms with van der Waals surface area (Å²) in [6, 6.07) is 2.88. The lowest BCUT2D eigenvalue weighted by Gasteiger charge is -2.16. The predicted octanol–water partition coefficient (Wildman–Crippen LogP) is 2.49. The quantitative estimate of drug-likeness (QED) is 0.594. The summed E-state index contributed by atoms with van der Waals surface area (Å²) in [6.07, 6.45) is -0.185. The van der Waals surface area contributed by atoms with Gasteiger partial charge < -0.3 is 14.2 Å². The van der Waals surface area contributed by atoms with Gasteiger partial charge in [0.2, 0.25) is 0 Å². The Kier molecular flexibility index (Phi) is 5.63. The van der Waals surface area contributed by atoms with Crippen LogP contribution in [0, 0.1) is 0 Å². The molecule has 0 aliphatic rings. The fourth-order valence-corrected chi connectivity index (χ4v) is 1.59. The number of esters is 1. The van der Waals surface area contributed by atoms with Crippen LogP contribution >= 0.6 is 11.6 Å². The van der Waals surface area contributed by atoms with E-state index in [-0.39, 0.29) is 22.9 Å². The molecule has 0 bridgehead atoms. The number of carbonyl (C=O) groups is 2. The Morgan fingerprint density at radius 3 is 2.63 bits per heavy atom. The molecule has 0 aliphatic heterocycles. The van der Waals surface area contributed by atoms with Gasteiger partial charge in [0.1, 0.15) is 0 Å². The van der Waals surface area contributed by atoms with E-state index in [1.165, 1.54) is 19.2 Å². The Labute approximate surface area is 116 Å². The summed E-state index contributed by atoms with van der Waals surface area (Å²) in [7, 11) is 1.43. The van der Waals surface area contributed by atoms with Crippen molar-refractivity contribution in [1.82, 2.24) is 0 Å². The van der Waals surface area contributed by atoms with Crippen molar-refractivity contribution >= 4 is 23.9 Å². The van der Waals surface area contributed by atoms with Gasteiger partial charge in [-0.1, -0.05) is 11.6 Å². The first-order valence-corrected chi connectivity index (χ1v) is 6.07. The number of rotatable bonds is 6. The lowest BCUT2D eigenvalue weighted by Crippen LogP contribution is -2.26. The van der Waals surface area contributed by atoms with Gasteiger partial charge >= 0.3 is 5.97 Å². The average Bonchev–Trinajstić information content (AvgIpc) is 2.39. The third-order valence-electron chi connectivity index (χ3n) is 2.33. The third-order valence-corrected chi connectivity index (χ3v) is 2.66. The maximum absolute atomic E-state index is 11.5. The Morgan fingerprint density at radius 2 is 2.11 bits per heavy atom. The second-order valence-corrected chi connectivity index (χ2v) is 4.06.